The van der Waals surface area contributed by atoms with Crippen LogP contribution >= 0.6 is 0 Å². The van der Waals surface area contributed by atoms with Crippen LogP contribution in [0.2, 0.25) is 0 Å². The first-order valence-corrected chi connectivity index (χ1v) is 9.28. The molecule has 0 saturated carbocycles. The lowest BCUT2D eigenvalue weighted by atomic mass is 9.69. The zero-order valence-corrected chi connectivity index (χ0v) is 15.8. The molecule has 0 radical (unpaired) electrons. The summed E-state index contributed by atoms with van der Waals surface area (Å²) in [7, 11) is 0. The lowest BCUT2D eigenvalue weighted by Crippen LogP contribution is -2.28. The minimum absolute atomic E-state index is 0.261. The summed E-state index contributed by atoms with van der Waals surface area (Å²) in [4.78, 5) is 0. The number of hydrogen-bond acceptors (Lipinski definition) is 2. The summed E-state index contributed by atoms with van der Waals surface area (Å²) in [5, 5.41) is 3.22. The molecule has 2 aromatic carbocycles. The van der Waals surface area contributed by atoms with Crippen LogP contribution in [-0.4, -0.2) is 6.54 Å². The molecule has 0 saturated heterocycles. The molecule has 2 nitrogen and oxygen atoms in total. The fourth-order valence-corrected chi connectivity index (χ4v) is 3.62. The Bertz CT molecular complexity index is 940. The van der Waals surface area contributed by atoms with E-state index in [0.717, 1.165) is 29.1 Å². The van der Waals surface area contributed by atoms with E-state index in [0.29, 0.717) is 24.9 Å². The van der Waals surface area contributed by atoms with Crippen LogP contribution in [-0.2, 0) is 6.42 Å². The second kappa shape index (κ2) is 8.66. The van der Waals surface area contributed by atoms with Gasteiger partial charge in [0, 0.05) is 16.8 Å². The molecule has 1 aliphatic rings. The van der Waals surface area contributed by atoms with Gasteiger partial charge in [-0.25, -0.2) is 17.6 Å². The van der Waals surface area contributed by atoms with E-state index in [9.17, 15) is 17.6 Å². The number of rotatable bonds is 7. The van der Waals surface area contributed by atoms with Gasteiger partial charge in [-0.15, -0.1) is 6.58 Å². The van der Waals surface area contributed by atoms with Crippen molar-refractivity contribution in [1.29, 1.82) is 0 Å². The van der Waals surface area contributed by atoms with Gasteiger partial charge in [0.15, 0.2) is 17.5 Å². The van der Waals surface area contributed by atoms with Crippen molar-refractivity contribution in [3.05, 3.63) is 101 Å². The second-order valence-electron chi connectivity index (χ2n) is 7.11. The number of halogens is 4. The third-order valence-electron chi connectivity index (χ3n) is 5.16. The maximum absolute atomic E-state index is 13.7. The summed E-state index contributed by atoms with van der Waals surface area (Å²) in [6.45, 7) is 4.32. The lowest BCUT2D eigenvalue weighted by Gasteiger charge is -2.36. The molecule has 152 valence electrons. The molecule has 6 heteroatoms. The van der Waals surface area contributed by atoms with E-state index in [1.165, 1.54) is 12.1 Å². The summed E-state index contributed by atoms with van der Waals surface area (Å²) in [6.07, 6.45) is 6.96. The highest BCUT2D eigenvalue weighted by molar-refractivity contribution is 5.53. The molecule has 0 aliphatic heterocycles. The topological polar surface area (TPSA) is 38.0 Å². The van der Waals surface area contributed by atoms with E-state index in [4.69, 9.17) is 5.73 Å². The van der Waals surface area contributed by atoms with Crippen LogP contribution in [0.1, 0.15) is 18.4 Å². The smallest absolute Gasteiger partial charge is 0.194 e. The Morgan fingerprint density at radius 1 is 1.07 bits per heavy atom. The van der Waals surface area contributed by atoms with Crippen LogP contribution in [0.25, 0.3) is 0 Å². The summed E-state index contributed by atoms with van der Waals surface area (Å²) in [6, 6.07) is 8.02. The van der Waals surface area contributed by atoms with Gasteiger partial charge in [-0.2, -0.15) is 0 Å². The van der Waals surface area contributed by atoms with E-state index in [-0.39, 0.29) is 12.2 Å². The number of nitrogens with two attached hydrogens (primary N) is 1. The van der Waals surface area contributed by atoms with Gasteiger partial charge in [0.1, 0.15) is 5.82 Å². The second-order valence-corrected chi connectivity index (χ2v) is 7.11. The van der Waals surface area contributed by atoms with Crippen LogP contribution in [0.5, 0.6) is 0 Å². The van der Waals surface area contributed by atoms with Gasteiger partial charge in [0.25, 0.3) is 0 Å². The molecule has 0 heterocycles. The number of nitrogens with one attached hydrogen (secondary N) is 1. The van der Waals surface area contributed by atoms with E-state index in [1.807, 2.05) is 12.2 Å². The van der Waals surface area contributed by atoms with Gasteiger partial charge < -0.3 is 11.1 Å². The average Bonchev–Trinajstić information content (AvgIpc) is 2.70. The van der Waals surface area contributed by atoms with E-state index < -0.39 is 22.9 Å². The minimum atomic E-state index is -1.48. The highest BCUT2D eigenvalue weighted by atomic mass is 19.2. The number of hydrogen-bond donors (Lipinski definition) is 2. The molecule has 0 amide bonds. The maximum Gasteiger partial charge on any atom is 0.194 e. The molecular weight excluding hydrogens is 380 g/mol. The molecule has 1 atom stereocenters. The highest BCUT2D eigenvalue weighted by Crippen LogP contribution is 2.42. The molecule has 0 aromatic heterocycles. The molecule has 3 N–H and O–H groups in total. The molecule has 0 fully saturated rings. The molecule has 3 rings (SSSR count). The van der Waals surface area contributed by atoms with Crippen molar-refractivity contribution in [2.75, 3.05) is 11.9 Å². The predicted molar refractivity (Wildman–Crippen MR) is 107 cm³/mol. The Kier molecular flexibility index (Phi) is 6.23. The van der Waals surface area contributed by atoms with Crippen molar-refractivity contribution in [3.8, 4) is 0 Å². The quantitative estimate of drug-likeness (QED) is 0.358. The van der Waals surface area contributed by atoms with Crippen LogP contribution < -0.4 is 11.1 Å². The first-order chi connectivity index (χ1) is 13.9. The molecular formula is C23H22F4N2. The molecule has 0 bridgehead atoms. The zero-order valence-electron chi connectivity index (χ0n) is 15.8. The third kappa shape index (κ3) is 4.59. The number of allylic oxidation sites excluding steroid dienone is 3. The number of benzene rings is 2. The third-order valence-corrected chi connectivity index (χ3v) is 5.16. The molecule has 29 heavy (non-hydrogen) atoms. The van der Waals surface area contributed by atoms with Gasteiger partial charge in [-0.3, -0.25) is 0 Å². The largest absolute Gasteiger partial charge is 0.356 e. The Balaban J connectivity index is 1.89. The summed E-state index contributed by atoms with van der Waals surface area (Å²) < 4.78 is 53.8. The van der Waals surface area contributed by atoms with Crippen LogP contribution in [0.15, 0.2) is 72.5 Å². The summed E-state index contributed by atoms with van der Waals surface area (Å²) in [5.41, 5.74) is 8.03. The van der Waals surface area contributed by atoms with Gasteiger partial charge in [-0.05, 0) is 73.8 Å². The van der Waals surface area contributed by atoms with Crippen LogP contribution in [0.4, 0.5) is 23.2 Å². The zero-order chi connectivity index (χ0) is 21.0. The first kappa shape index (κ1) is 20.9. The van der Waals surface area contributed by atoms with Gasteiger partial charge in [-0.1, -0.05) is 17.7 Å². The fourth-order valence-electron chi connectivity index (χ4n) is 3.62. The normalized spacial score (nSPS) is 18.8. The highest BCUT2D eigenvalue weighted by Gasteiger charge is 2.33. The monoisotopic (exact) mass is 402 g/mol. The Morgan fingerprint density at radius 2 is 1.72 bits per heavy atom. The molecule has 2 aromatic rings. The fraction of sp³-hybridized carbons (Fsp3) is 0.217. The Hall–Kier alpha value is -2.86. The summed E-state index contributed by atoms with van der Waals surface area (Å²) in [5.74, 6) is -4.23. The SMILES string of the molecule is C=CC1(Cc2cc(F)c(F)c(F)c2)CC=C(Nc2ccc(F)cc2)C=C1CCN. The van der Waals surface area contributed by atoms with Crippen molar-refractivity contribution < 1.29 is 17.6 Å². The minimum Gasteiger partial charge on any atom is -0.356 e. The molecule has 1 aliphatic carbocycles. The number of anilines is 1. The van der Waals surface area contributed by atoms with E-state index in [1.54, 1.807) is 18.2 Å². The van der Waals surface area contributed by atoms with Crippen molar-refractivity contribution in [2.24, 2.45) is 11.1 Å². The Morgan fingerprint density at radius 3 is 2.31 bits per heavy atom. The average molecular weight is 402 g/mol. The lowest BCUT2D eigenvalue weighted by molar-refractivity contribution is 0.424. The van der Waals surface area contributed by atoms with E-state index >= 15 is 0 Å². The van der Waals surface area contributed by atoms with Crippen molar-refractivity contribution in [2.45, 2.75) is 19.3 Å². The predicted octanol–water partition coefficient (Wildman–Crippen LogP) is 5.63. The molecule has 1 unspecified atom stereocenters. The molecule has 0 spiro atoms. The van der Waals surface area contributed by atoms with Gasteiger partial charge in [0.05, 0.1) is 0 Å². The summed E-state index contributed by atoms with van der Waals surface area (Å²) >= 11 is 0. The standard InChI is InChI=1S/C23H22F4N2/c1-2-23(14-15-11-20(25)22(27)21(26)12-15)9-7-19(13-16(23)8-10-28)29-18-5-3-17(24)4-6-18/h2-7,11-13,29H,1,8-10,14,28H2. The van der Waals surface area contributed by atoms with Crippen LogP contribution in [0, 0.1) is 28.7 Å². The maximum atomic E-state index is 13.7. The van der Waals surface area contributed by atoms with Crippen molar-refractivity contribution in [3.63, 3.8) is 0 Å². The van der Waals surface area contributed by atoms with Crippen molar-refractivity contribution in [1.82, 2.24) is 0 Å². The van der Waals surface area contributed by atoms with Crippen molar-refractivity contribution >= 4 is 5.69 Å². The van der Waals surface area contributed by atoms with Gasteiger partial charge in [0.2, 0.25) is 0 Å². The Labute approximate surface area is 167 Å². The van der Waals surface area contributed by atoms with Gasteiger partial charge >= 0.3 is 0 Å². The van der Waals surface area contributed by atoms with E-state index in [2.05, 4.69) is 11.9 Å². The first-order valence-electron chi connectivity index (χ1n) is 9.28. The van der Waals surface area contributed by atoms with Crippen LogP contribution in [0.3, 0.4) is 0 Å².